The summed E-state index contributed by atoms with van der Waals surface area (Å²) in [6.45, 7) is 3.69. The first-order valence-corrected chi connectivity index (χ1v) is 4.21. The number of isocyanates is 1. The number of carbonyl (C=O) groups is 1. The van der Waals surface area contributed by atoms with Gasteiger partial charge in [-0.05, 0) is 18.8 Å². The maximum Gasteiger partial charge on any atom is 0.262 e. The van der Waals surface area contributed by atoms with Crippen molar-refractivity contribution >= 4 is 12.0 Å². The predicted octanol–water partition coefficient (Wildman–Crippen LogP) is 1.68. The Morgan fingerprint density at radius 1 is 1.50 bits per heavy atom. The van der Waals surface area contributed by atoms with Gasteiger partial charge < -0.3 is 0 Å². The fraction of sp³-hybridized carbons (Fsp3) is 0.778. The second-order valence-electron chi connectivity index (χ2n) is 3.86. The van der Waals surface area contributed by atoms with E-state index in [2.05, 4.69) is 4.99 Å². The topological polar surface area (TPSA) is 46.5 Å². The normalized spacial score (nSPS) is 17.8. The van der Waals surface area contributed by atoms with Crippen molar-refractivity contribution in [3.05, 3.63) is 0 Å². The van der Waals surface area contributed by atoms with Crippen molar-refractivity contribution in [1.29, 1.82) is 0 Å². The highest BCUT2D eigenvalue weighted by molar-refractivity contribution is 5.86. The third-order valence-electron chi connectivity index (χ3n) is 2.82. The zero-order valence-electron chi connectivity index (χ0n) is 7.46. The van der Waals surface area contributed by atoms with E-state index in [1.54, 1.807) is 0 Å². The summed E-state index contributed by atoms with van der Waals surface area (Å²) in [5.41, 5.74) is -0.463. The van der Waals surface area contributed by atoms with Crippen molar-refractivity contribution in [2.24, 2.45) is 16.3 Å². The van der Waals surface area contributed by atoms with Gasteiger partial charge in [-0.15, -0.1) is 4.99 Å². The van der Waals surface area contributed by atoms with E-state index in [4.69, 9.17) is 0 Å². The van der Waals surface area contributed by atoms with E-state index < -0.39 is 5.41 Å². The zero-order chi connectivity index (χ0) is 9.19. The van der Waals surface area contributed by atoms with E-state index >= 15 is 0 Å². The molecule has 0 saturated heterocycles. The number of carbonyl (C=O) groups excluding carboxylic acids is 2. The van der Waals surface area contributed by atoms with Gasteiger partial charge in [0.25, 0.3) is 5.91 Å². The fourth-order valence-electron chi connectivity index (χ4n) is 1.49. The maximum absolute atomic E-state index is 11.3. The number of hydrogen-bond donors (Lipinski definition) is 0. The molecule has 0 aromatic carbocycles. The van der Waals surface area contributed by atoms with Gasteiger partial charge in [-0.1, -0.05) is 20.3 Å². The Balaban J connectivity index is 2.68. The Morgan fingerprint density at radius 2 is 2.08 bits per heavy atom. The van der Waals surface area contributed by atoms with Gasteiger partial charge in [0, 0.05) is 5.41 Å². The van der Waals surface area contributed by atoms with Gasteiger partial charge in [0.1, 0.15) is 0 Å². The van der Waals surface area contributed by atoms with Crippen LogP contribution in [0.5, 0.6) is 0 Å². The minimum atomic E-state index is -0.463. The molecule has 0 aliphatic heterocycles. The van der Waals surface area contributed by atoms with Crippen LogP contribution in [-0.4, -0.2) is 12.0 Å². The molecule has 3 heteroatoms. The molecule has 0 aromatic heterocycles. The molecule has 0 radical (unpaired) electrons. The van der Waals surface area contributed by atoms with Crippen LogP contribution in [0.2, 0.25) is 0 Å². The summed E-state index contributed by atoms with van der Waals surface area (Å²) in [7, 11) is 0. The quantitative estimate of drug-likeness (QED) is 0.464. The number of hydrogen-bond acceptors (Lipinski definition) is 2. The molecule has 3 nitrogen and oxygen atoms in total. The number of nitrogens with zero attached hydrogens (tertiary/aromatic N) is 1. The van der Waals surface area contributed by atoms with E-state index in [0.29, 0.717) is 5.92 Å². The molecule has 0 aromatic rings. The van der Waals surface area contributed by atoms with Crippen molar-refractivity contribution in [2.75, 3.05) is 0 Å². The van der Waals surface area contributed by atoms with E-state index in [9.17, 15) is 9.59 Å². The second-order valence-corrected chi connectivity index (χ2v) is 3.86. The Morgan fingerprint density at radius 3 is 2.42 bits per heavy atom. The van der Waals surface area contributed by atoms with Crippen LogP contribution in [0.1, 0.15) is 33.1 Å². The molecule has 12 heavy (non-hydrogen) atoms. The van der Waals surface area contributed by atoms with Crippen molar-refractivity contribution in [3.63, 3.8) is 0 Å². The van der Waals surface area contributed by atoms with Crippen LogP contribution in [0.15, 0.2) is 4.99 Å². The monoisotopic (exact) mass is 167 g/mol. The van der Waals surface area contributed by atoms with Gasteiger partial charge in [-0.25, -0.2) is 4.79 Å². The van der Waals surface area contributed by atoms with Crippen molar-refractivity contribution < 1.29 is 9.59 Å². The number of amides is 1. The molecule has 1 amide bonds. The van der Waals surface area contributed by atoms with Crippen LogP contribution in [-0.2, 0) is 9.59 Å². The van der Waals surface area contributed by atoms with Crippen LogP contribution in [0.3, 0.4) is 0 Å². The van der Waals surface area contributed by atoms with Crippen molar-refractivity contribution in [3.8, 4) is 0 Å². The van der Waals surface area contributed by atoms with E-state index in [-0.39, 0.29) is 5.91 Å². The first-order chi connectivity index (χ1) is 5.59. The lowest BCUT2D eigenvalue weighted by atomic mass is 9.67. The Labute approximate surface area is 71.9 Å². The van der Waals surface area contributed by atoms with E-state index in [1.165, 1.54) is 12.5 Å². The zero-order valence-corrected chi connectivity index (χ0v) is 7.46. The van der Waals surface area contributed by atoms with E-state index in [0.717, 1.165) is 12.8 Å². The summed E-state index contributed by atoms with van der Waals surface area (Å²) < 4.78 is 0. The first-order valence-electron chi connectivity index (χ1n) is 4.21. The minimum Gasteiger partial charge on any atom is -0.271 e. The fourth-order valence-corrected chi connectivity index (χ4v) is 1.49. The molecule has 1 aliphatic rings. The smallest absolute Gasteiger partial charge is 0.262 e. The Bertz CT molecular complexity index is 235. The lowest BCUT2D eigenvalue weighted by Crippen LogP contribution is -2.35. The summed E-state index contributed by atoms with van der Waals surface area (Å²) in [6, 6.07) is 0. The average molecular weight is 167 g/mol. The van der Waals surface area contributed by atoms with Gasteiger partial charge in [0.2, 0.25) is 6.08 Å². The molecule has 1 rings (SSSR count). The molecule has 0 heterocycles. The molecule has 0 spiro atoms. The third kappa shape index (κ3) is 1.46. The minimum absolute atomic E-state index is 0.331. The van der Waals surface area contributed by atoms with Gasteiger partial charge >= 0.3 is 0 Å². The summed E-state index contributed by atoms with van der Waals surface area (Å²) in [6.07, 6.45) is 4.64. The van der Waals surface area contributed by atoms with Crippen LogP contribution in [0.4, 0.5) is 0 Å². The molecule has 66 valence electrons. The molecule has 0 N–H and O–H groups in total. The third-order valence-corrected chi connectivity index (χ3v) is 2.82. The molecule has 1 fully saturated rings. The molecular formula is C9H13NO2. The molecule has 1 aliphatic carbocycles. The van der Waals surface area contributed by atoms with Crippen molar-refractivity contribution in [1.82, 2.24) is 0 Å². The first kappa shape index (κ1) is 9.14. The molecule has 0 bridgehead atoms. The summed E-state index contributed by atoms with van der Waals surface area (Å²) in [5.74, 6) is 0.0734. The van der Waals surface area contributed by atoms with Crippen LogP contribution < -0.4 is 0 Å². The van der Waals surface area contributed by atoms with E-state index in [1.807, 2.05) is 13.8 Å². The predicted molar refractivity (Wildman–Crippen MR) is 44.3 cm³/mol. The second kappa shape index (κ2) is 3.20. The number of rotatable bonds is 2. The van der Waals surface area contributed by atoms with Gasteiger partial charge in [0.05, 0.1) is 0 Å². The van der Waals surface area contributed by atoms with Gasteiger partial charge in [0.15, 0.2) is 0 Å². The summed E-state index contributed by atoms with van der Waals surface area (Å²) in [4.78, 5) is 24.3. The maximum atomic E-state index is 11.3. The Kier molecular flexibility index (Phi) is 2.43. The lowest BCUT2D eigenvalue weighted by molar-refractivity contribution is -0.130. The number of aliphatic imine (C=N–C) groups is 1. The molecular weight excluding hydrogens is 154 g/mol. The van der Waals surface area contributed by atoms with Gasteiger partial charge in [-0.2, -0.15) is 0 Å². The Hall–Kier alpha value is -0.950. The summed E-state index contributed by atoms with van der Waals surface area (Å²) >= 11 is 0. The SMILES string of the molecule is CC(C)(C(=O)N=C=O)C1CCC1. The van der Waals surface area contributed by atoms with Crippen LogP contribution in [0, 0.1) is 11.3 Å². The highest BCUT2D eigenvalue weighted by atomic mass is 16.2. The lowest BCUT2D eigenvalue weighted by Gasteiger charge is -2.37. The summed E-state index contributed by atoms with van der Waals surface area (Å²) in [5, 5.41) is 0. The van der Waals surface area contributed by atoms with Crippen molar-refractivity contribution in [2.45, 2.75) is 33.1 Å². The standard InChI is InChI=1S/C9H13NO2/c1-9(2,7-4-3-5-7)8(12)10-6-11/h7H,3-5H2,1-2H3. The molecule has 0 unspecified atom stereocenters. The highest BCUT2D eigenvalue weighted by Gasteiger charge is 2.39. The average Bonchev–Trinajstić information content (AvgIpc) is 1.82. The largest absolute Gasteiger partial charge is 0.271 e. The molecule has 0 atom stereocenters. The molecule has 1 saturated carbocycles. The van der Waals surface area contributed by atoms with Crippen LogP contribution in [0.25, 0.3) is 0 Å². The van der Waals surface area contributed by atoms with Crippen LogP contribution >= 0.6 is 0 Å². The highest BCUT2D eigenvalue weighted by Crippen LogP contribution is 2.42. The van der Waals surface area contributed by atoms with Gasteiger partial charge in [-0.3, -0.25) is 4.79 Å².